The van der Waals surface area contributed by atoms with Gasteiger partial charge in [-0.2, -0.15) is 4.98 Å². The molecule has 1 atom stereocenters. The molecule has 0 N–H and O–H groups in total. The molecule has 1 aliphatic heterocycles. The monoisotopic (exact) mass is 411 g/mol. The largest absolute Gasteiger partial charge is 0.380 e. The highest BCUT2D eigenvalue weighted by molar-refractivity contribution is 5.93. The van der Waals surface area contributed by atoms with Gasteiger partial charge in [0, 0.05) is 39.0 Å². The van der Waals surface area contributed by atoms with E-state index in [1.807, 2.05) is 17.0 Å². The number of piperidine rings is 1. The van der Waals surface area contributed by atoms with Gasteiger partial charge in [0.1, 0.15) is 5.76 Å². The Morgan fingerprint density at radius 1 is 1.33 bits per heavy atom. The van der Waals surface area contributed by atoms with E-state index in [4.69, 9.17) is 13.8 Å². The zero-order valence-corrected chi connectivity index (χ0v) is 17.2. The number of nitrogens with zero attached hydrogens (tertiary/aromatic N) is 5. The number of ether oxygens (including phenoxy) is 1. The highest BCUT2D eigenvalue weighted by Crippen LogP contribution is 2.25. The Morgan fingerprint density at radius 2 is 2.23 bits per heavy atom. The number of hydrogen-bond donors (Lipinski definition) is 0. The lowest BCUT2D eigenvalue weighted by atomic mass is 9.93. The molecule has 0 radical (unpaired) electrons. The molecule has 1 unspecified atom stereocenters. The molecule has 9 heteroatoms. The van der Waals surface area contributed by atoms with Crippen LogP contribution in [0.3, 0.4) is 0 Å². The van der Waals surface area contributed by atoms with Crippen LogP contribution < -0.4 is 0 Å². The Bertz CT molecular complexity index is 984. The zero-order chi connectivity index (χ0) is 20.9. The Labute approximate surface area is 174 Å². The standard InChI is InChI=1S/C21H25N5O4/c1-14-17(13-28-2)19(25-29-14)21(27)26-10-4-5-15(12-26)7-8-18-23-20(30-24-18)16-6-3-9-22-11-16/h3,6,9,11,15H,4-5,7-8,10,12-13H2,1-2H3. The maximum absolute atomic E-state index is 13.0. The van der Waals surface area contributed by atoms with Crippen LogP contribution in [0.2, 0.25) is 0 Å². The first-order valence-electron chi connectivity index (χ1n) is 10.1. The van der Waals surface area contributed by atoms with Crippen LogP contribution in [0.15, 0.2) is 33.6 Å². The Hall–Kier alpha value is -3.07. The predicted molar refractivity (Wildman–Crippen MR) is 106 cm³/mol. The fourth-order valence-corrected chi connectivity index (χ4v) is 3.80. The summed E-state index contributed by atoms with van der Waals surface area (Å²) in [6.45, 7) is 3.51. The van der Waals surface area contributed by atoms with Crippen LogP contribution in [0, 0.1) is 12.8 Å². The summed E-state index contributed by atoms with van der Waals surface area (Å²) in [5.41, 5.74) is 1.88. The number of pyridine rings is 1. The van der Waals surface area contributed by atoms with Crippen LogP contribution in [0.1, 0.15) is 46.9 Å². The maximum Gasteiger partial charge on any atom is 0.276 e. The Balaban J connectivity index is 1.36. The summed E-state index contributed by atoms with van der Waals surface area (Å²) in [6, 6.07) is 3.72. The van der Waals surface area contributed by atoms with Gasteiger partial charge >= 0.3 is 0 Å². The number of rotatable bonds is 7. The van der Waals surface area contributed by atoms with Crippen molar-refractivity contribution in [2.75, 3.05) is 20.2 Å². The van der Waals surface area contributed by atoms with Crippen molar-refractivity contribution >= 4 is 5.91 Å². The van der Waals surface area contributed by atoms with Crippen LogP contribution in [-0.4, -0.2) is 51.3 Å². The van der Waals surface area contributed by atoms with E-state index in [1.165, 1.54) is 0 Å². The van der Waals surface area contributed by atoms with Crippen molar-refractivity contribution in [3.8, 4) is 11.5 Å². The molecule has 3 aromatic heterocycles. The minimum atomic E-state index is -0.0953. The molecule has 0 spiro atoms. The van der Waals surface area contributed by atoms with Gasteiger partial charge in [-0.1, -0.05) is 10.3 Å². The quantitative estimate of drug-likeness (QED) is 0.584. The molecule has 0 aliphatic carbocycles. The van der Waals surface area contributed by atoms with Gasteiger partial charge in [0.2, 0.25) is 0 Å². The molecule has 3 aromatic rings. The average molecular weight is 411 g/mol. The smallest absolute Gasteiger partial charge is 0.276 e. The minimum Gasteiger partial charge on any atom is -0.380 e. The molecule has 4 rings (SSSR count). The van der Waals surface area contributed by atoms with Gasteiger partial charge in [0.25, 0.3) is 11.8 Å². The fraction of sp³-hybridized carbons (Fsp3) is 0.476. The summed E-state index contributed by atoms with van der Waals surface area (Å²) in [4.78, 5) is 23.4. The SMILES string of the molecule is COCc1c(C(=O)N2CCCC(CCc3noc(-c4cccnc4)n3)C2)noc1C. The third-order valence-electron chi connectivity index (χ3n) is 5.43. The van der Waals surface area contributed by atoms with E-state index in [9.17, 15) is 4.79 Å². The van der Waals surface area contributed by atoms with Crippen LogP contribution >= 0.6 is 0 Å². The minimum absolute atomic E-state index is 0.0953. The molecule has 1 amide bonds. The van der Waals surface area contributed by atoms with Gasteiger partial charge in [-0.15, -0.1) is 0 Å². The predicted octanol–water partition coefficient (Wildman–Crippen LogP) is 3.06. The molecular formula is C21H25N5O4. The van der Waals surface area contributed by atoms with Crippen molar-refractivity contribution in [2.45, 2.75) is 39.2 Å². The van der Waals surface area contributed by atoms with Crippen LogP contribution in [0.4, 0.5) is 0 Å². The van der Waals surface area contributed by atoms with Crippen molar-refractivity contribution in [1.29, 1.82) is 0 Å². The number of methoxy groups -OCH3 is 1. The molecule has 0 aromatic carbocycles. The van der Waals surface area contributed by atoms with Crippen molar-refractivity contribution in [2.24, 2.45) is 5.92 Å². The third kappa shape index (κ3) is 4.40. The van der Waals surface area contributed by atoms with Crippen molar-refractivity contribution in [3.05, 3.63) is 47.4 Å². The van der Waals surface area contributed by atoms with Crippen LogP contribution in [0.5, 0.6) is 0 Å². The number of carbonyl (C=O) groups excluding carboxylic acids is 1. The van der Waals surface area contributed by atoms with Gasteiger partial charge in [0.05, 0.1) is 17.7 Å². The van der Waals surface area contributed by atoms with E-state index in [0.717, 1.165) is 36.9 Å². The van der Waals surface area contributed by atoms with E-state index >= 15 is 0 Å². The van der Waals surface area contributed by atoms with E-state index in [2.05, 4.69) is 20.3 Å². The number of aryl methyl sites for hydroxylation is 2. The summed E-state index contributed by atoms with van der Waals surface area (Å²) in [5.74, 6) is 2.05. The maximum atomic E-state index is 13.0. The lowest BCUT2D eigenvalue weighted by Gasteiger charge is -2.32. The highest BCUT2D eigenvalue weighted by atomic mass is 16.5. The normalized spacial score (nSPS) is 16.7. The molecule has 158 valence electrons. The topological polar surface area (TPSA) is 107 Å². The number of aromatic nitrogens is 4. The second-order valence-corrected chi connectivity index (χ2v) is 7.55. The summed E-state index contributed by atoms with van der Waals surface area (Å²) >= 11 is 0. The van der Waals surface area contributed by atoms with Crippen LogP contribution in [-0.2, 0) is 17.8 Å². The molecule has 0 saturated carbocycles. The first-order valence-corrected chi connectivity index (χ1v) is 10.1. The lowest BCUT2D eigenvalue weighted by molar-refractivity contribution is 0.0653. The van der Waals surface area contributed by atoms with E-state index in [-0.39, 0.29) is 5.91 Å². The van der Waals surface area contributed by atoms with Gasteiger partial charge in [0.15, 0.2) is 11.5 Å². The third-order valence-corrected chi connectivity index (χ3v) is 5.43. The van der Waals surface area contributed by atoms with Crippen LogP contribution in [0.25, 0.3) is 11.5 Å². The van der Waals surface area contributed by atoms with Gasteiger partial charge in [-0.25, -0.2) is 0 Å². The molecule has 1 fully saturated rings. The van der Waals surface area contributed by atoms with E-state index in [1.54, 1.807) is 26.4 Å². The Kier molecular flexibility index (Phi) is 6.18. The second kappa shape index (κ2) is 9.17. The van der Waals surface area contributed by atoms with Gasteiger partial charge in [-0.05, 0) is 44.2 Å². The van der Waals surface area contributed by atoms with Crippen molar-refractivity contribution < 1.29 is 18.6 Å². The summed E-state index contributed by atoms with van der Waals surface area (Å²) < 4.78 is 15.8. The molecule has 1 saturated heterocycles. The molecule has 4 heterocycles. The van der Waals surface area contributed by atoms with Gasteiger partial charge < -0.3 is 18.7 Å². The van der Waals surface area contributed by atoms with Gasteiger partial charge in [-0.3, -0.25) is 9.78 Å². The van der Waals surface area contributed by atoms with Crippen molar-refractivity contribution in [3.63, 3.8) is 0 Å². The van der Waals surface area contributed by atoms with Crippen molar-refractivity contribution in [1.82, 2.24) is 25.2 Å². The fourth-order valence-electron chi connectivity index (χ4n) is 3.80. The zero-order valence-electron chi connectivity index (χ0n) is 17.2. The Morgan fingerprint density at radius 3 is 3.03 bits per heavy atom. The molecule has 9 nitrogen and oxygen atoms in total. The first kappa shape index (κ1) is 20.2. The molecule has 1 aliphatic rings. The number of likely N-dealkylation sites (tertiary alicyclic amines) is 1. The highest BCUT2D eigenvalue weighted by Gasteiger charge is 2.29. The molecular weight excluding hydrogens is 386 g/mol. The summed E-state index contributed by atoms with van der Waals surface area (Å²) in [7, 11) is 1.59. The second-order valence-electron chi connectivity index (χ2n) is 7.55. The number of amides is 1. The van der Waals surface area contributed by atoms with E-state index in [0.29, 0.717) is 48.7 Å². The average Bonchev–Trinajstić information content (AvgIpc) is 3.40. The first-order chi connectivity index (χ1) is 14.7. The summed E-state index contributed by atoms with van der Waals surface area (Å²) in [6.07, 6.45) is 7.02. The lowest BCUT2D eigenvalue weighted by Crippen LogP contribution is -2.40. The summed E-state index contributed by atoms with van der Waals surface area (Å²) in [5, 5.41) is 8.06. The number of carbonyl (C=O) groups is 1. The molecule has 30 heavy (non-hydrogen) atoms. The van der Waals surface area contributed by atoms with E-state index < -0.39 is 0 Å². The number of hydrogen-bond acceptors (Lipinski definition) is 8. The molecule has 0 bridgehead atoms.